The molecule has 0 unspecified atom stereocenters. The molecule has 0 atom stereocenters. The van der Waals surface area contributed by atoms with Gasteiger partial charge in [0.25, 0.3) is 0 Å². The fourth-order valence-electron chi connectivity index (χ4n) is 3.54. The van der Waals surface area contributed by atoms with Gasteiger partial charge in [0.2, 0.25) is 15.7 Å². The summed E-state index contributed by atoms with van der Waals surface area (Å²) < 4.78 is 25.5. The molecule has 2 aromatic carbocycles. The molecule has 1 aliphatic rings. The highest BCUT2D eigenvalue weighted by atomic mass is 32.2. The molecule has 4 rings (SSSR count). The third-order valence-electron chi connectivity index (χ3n) is 5.29. The standard InChI is InChI=1S/C22H21N3O3S/c1-12-5-6-16(24-15(4)26)9-20(12)25-19-7-8-23-21-10-17-13(2)14(3)29(27,28)22(17)11-18(19)21/h5-11H,1-4H3,(H,23,25)(H,24,26). The van der Waals surface area contributed by atoms with E-state index in [4.69, 9.17) is 0 Å². The summed E-state index contributed by atoms with van der Waals surface area (Å²) in [5.41, 5.74) is 5.43. The number of hydrogen-bond acceptors (Lipinski definition) is 5. The van der Waals surface area contributed by atoms with Crippen molar-refractivity contribution in [3.8, 4) is 0 Å². The number of amides is 1. The maximum absolute atomic E-state index is 12.8. The van der Waals surface area contributed by atoms with Gasteiger partial charge in [0.15, 0.2) is 0 Å². The van der Waals surface area contributed by atoms with Gasteiger partial charge in [0.1, 0.15) is 0 Å². The average Bonchev–Trinajstić information content (AvgIpc) is 2.83. The highest BCUT2D eigenvalue weighted by molar-refractivity contribution is 7.95. The molecule has 6 nitrogen and oxygen atoms in total. The van der Waals surface area contributed by atoms with E-state index in [2.05, 4.69) is 15.6 Å². The molecule has 0 saturated carbocycles. The van der Waals surface area contributed by atoms with Gasteiger partial charge in [-0.3, -0.25) is 9.78 Å². The predicted molar refractivity (Wildman–Crippen MR) is 116 cm³/mol. The summed E-state index contributed by atoms with van der Waals surface area (Å²) in [6, 6.07) is 10.9. The van der Waals surface area contributed by atoms with Crippen LogP contribution in [0.5, 0.6) is 0 Å². The van der Waals surface area contributed by atoms with Gasteiger partial charge >= 0.3 is 0 Å². The Morgan fingerprint density at radius 2 is 1.76 bits per heavy atom. The maximum Gasteiger partial charge on any atom is 0.221 e. The number of fused-ring (bicyclic) bond motifs is 2. The molecule has 1 aromatic heterocycles. The Labute approximate surface area is 169 Å². The van der Waals surface area contributed by atoms with Crippen LogP contribution in [-0.2, 0) is 14.6 Å². The number of allylic oxidation sites excluding steroid dienone is 2. The second-order valence-electron chi connectivity index (χ2n) is 7.24. The van der Waals surface area contributed by atoms with Crippen molar-refractivity contribution in [2.24, 2.45) is 0 Å². The van der Waals surface area contributed by atoms with E-state index in [9.17, 15) is 13.2 Å². The van der Waals surface area contributed by atoms with Crippen molar-refractivity contribution in [2.75, 3.05) is 10.6 Å². The highest BCUT2D eigenvalue weighted by Gasteiger charge is 2.31. The maximum atomic E-state index is 12.8. The molecule has 1 aliphatic heterocycles. The van der Waals surface area contributed by atoms with E-state index in [-0.39, 0.29) is 5.91 Å². The lowest BCUT2D eigenvalue weighted by molar-refractivity contribution is -0.114. The van der Waals surface area contributed by atoms with Crippen LogP contribution in [-0.4, -0.2) is 19.3 Å². The van der Waals surface area contributed by atoms with Crippen LogP contribution in [0.4, 0.5) is 17.1 Å². The Hall–Kier alpha value is -3.19. The fourth-order valence-corrected chi connectivity index (χ4v) is 5.15. The summed E-state index contributed by atoms with van der Waals surface area (Å²) in [6.07, 6.45) is 1.69. The highest BCUT2D eigenvalue weighted by Crippen LogP contribution is 2.41. The lowest BCUT2D eigenvalue weighted by Crippen LogP contribution is -2.06. The minimum Gasteiger partial charge on any atom is -0.355 e. The Bertz CT molecular complexity index is 1320. The first-order valence-corrected chi connectivity index (χ1v) is 10.7. The number of hydrogen-bond donors (Lipinski definition) is 2. The van der Waals surface area contributed by atoms with Crippen molar-refractivity contribution >= 4 is 49.3 Å². The number of anilines is 3. The molecular formula is C22H21N3O3S. The van der Waals surface area contributed by atoms with Crippen LogP contribution in [0.2, 0.25) is 0 Å². The monoisotopic (exact) mass is 407 g/mol. The summed E-state index contributed by atoms with van der Waals surface area (Å²) in [4.78, 5) is 16.5. The van der Waals surface area contributed by atoms with Gasteiger partial charge in [-0.25, -0.2) is 8.42 Å². The first-order valence-electron chi connectivity index (χ1n) is 9.19. The van der Waals surface area contributed by atoms with Gasteiger partial charge in [-0.05, 0) is 67.8 Å². The zero-order valence-electron chi connectivity index (χ0n) is 16.6. The van der Waals surface area contributed by atoms with Gasteiger partial charge in [-0.2, -0.15) is 0 Å². The lowest BCUT2D eigenvalue weighted by Gasteiger charge is -2.14. The summed E-state index contributed by atoms with van der Waals surface area (Å²) in [6.45, 7) is 6.88. The Kier molecular flexibility index (Phi) is 4.42. The number of aromatic nitrogens is 1. The van der Waals surface area contributed by atoms with Gasteiger partial charge < -0.3 is 10.6 Å². The molecule has 0 bridgehead atoms. The van der Waals surface area contributed by atoms with Crippen LogP contribution in [0.1, 0.15) is 31.9 Å². The Balaban J connectivity index is 1.84. The van der Waals surface area contributed by atoms with Crippen LogP contribution >= 0.6 is 0 Å². The third-order valence-corrected chi connectivity index (χ3v) is 7.32. The molecule has 0 fully saturated rings. The number of carbonyl (C=O) groups is 1. The number of sulfone groups is 1. The average molecular weight is 407 g/mol. The third kappa shape index (κ3) is 3.17. The van der Waals surface area contributed by atoms with Crippen molar-refractivity contribution in [3.05, 3.63) is 58.6 Å². The molecular weight excluding hydrogens is 386 g/mol. The van der Waals surface area contributed by atoms with Crippen molar-refractivity contribution in [1.82, 2.24) is 4.98 Å². The summed E-state index contributed by atoms with van der Waals surface area (Å²) >= 11 is 0. The van der Waals surface area contributed by atoms with Gasteiger partial charge in [0, 0.05) is 40.5 Å². The molecule has 2 heterocycles. The number of pyridine rings is 1. The van der Waals surface area contributed by atoms with Crippen LogP contribution < -0.4 is 10.6 Å². The van der Waals surface area contributed by atoms with E-state index < -0.39 is 9.84 Å². The fraction of sp³-hybridized carbons (Fsp3) is 0.182. The smallest absolute Gasteiger partial charge is 0.221 e. The lowest BCUT2D eigenvalue weighted by atomic mass is 10.0. The van der Waals surface area contributed by atoms with Crippen LogP contribution in [0.3, 0.4) is 0 Å². The first-order chi connectivity index (χ1) is 13.7. The van der Waals surface area contributed by atoms with Crippen LogP contribution in [0.25, 0.3) is 16.5 Å². The molecule has 148 valence electrons. The molecule has 1 amide bonds. The Morgan fingerprint density at radius 3 is 2.48 bits per heavy atom. The van der Waals surface area contributed by atoms with Gasteiger partial charge in [0.05, 0.1) is 10.4 Å². The van der Waals surface area contributed by atoms with Crippen molar-refractivity contribution in [2.45, 2.75) is 32.6 Å². The summed E-state index contributed by atoms with van der Waals surface area (Å²) in [5.74, 6) is -0.145. The number of carbonyl (C=O) groups excluding carboxylic acids is 1. The zero-order chi connectivity index (χ0) is 20.9. The molecule has 0 saturated heterocycles. The molecule has 3 aromatic rings. The predicted octanol–water partition coefficient (Wildman–Crippen LogP) is 4.78. The zero-order valence-corrected chi connectivity index (χ0v) is 17.4. The minimum absolute atomic E-state index is 0.145. The number of aryl methyl sites for hydroxylation is 1. The quantitative estimate of drug-likeness (QED) is 0.652. The topological polar surface area (TPSA) is 88.2 Å². The molecule has 2 N–H and O–H groups in total. The number of nitrogens with zero attached hydrogens (tertiary/aromatic N) is 1. The van der Waals surface area contributed by atoms with Crippen molar-refractivity contribution < 1.29 is 13.2 Å². The number of rotatable bonds is 3. The molecule has 0 spiro atoms. The minimum atomic E-state index is -3.47. The van der Waals surface area contributed by atoms with E-state index in [1.165, 1.54) is 6.92 Å². The van der Waals surface area contributed by atoms with E-state index in [0.717, 1.165) is 27.9 Å². The number of nitrogens with one attached hydrogen (secondary N) is 2. The van der Waals surface area contributed by atoms with E-state index in [1.807, 2.05) is 44.2 Å². The Morgan fingerprint density at radius 1 is 1.00 bits per heavy atom. The summed E-state index contributed by atoms with van der Waals surface area (Å²) in [5, 5.41) is 6.87. The molecule has 29 heavy (non-hydrogen) atoms. The van der Waals surface area contributed by atoms with Gasteiger partial charge in [-0.1, -0.05) is 6.07 Å². The van der Waals surface area contributed by atoms with Gasteiger partial charge in [-0.15, -0.1) is 0 Å². The second-order valence-corrected chi connectivity index (χ2v) is 9.30. The second kappa shape index (κ2) is 6.70. The number of benzene rings is 2. The molecule has 7 heteroatoms. The van der Waals surface area contributed by atoms with Crippen LogP contribution in [0, 0.1) is 6.92 Å². The first kappa shape index (κ1) is 19.1. The largest absolute Gasteiger partial charge is 0.355 e. The normalized spacial score (nSPS) is 14.8. The van der Waals surface area contributed by atoms with Crippen molar-refractivity contribution in [1.29, 1.82) is 0 Å². The SMILES string of the molecule is CC(=O)Nc1ccc(C)c(Nc2ccnc3cc4c(cc23)S(=O)(=O)C(C)=C4C)c1. The van der Waals surface area contributed by atoms with E-state index >= 15 is 0 Å². The van der Waals surface area contributed by atoms with E-state index in [1.54, 1.807) is 19.2 Å². The molecule has 0 radical (unpaired) electrons. The van der Waals surface area contributed by atoms with Crippen LogP contribution in [0.15, 0.2) is 52.4 Å². The van der Waals surface area contributed by atoms with E-state index in [0.29, 0.717) is 26.6 Å². The molecule has 0 aliphatic carbocycles. The summed E-state index contributed by atoms with van der Waals surface area (Å²) in [7, 11) is -3.47. The van der Waals surface area contributed by atoms with Crippen molar-refractivity contribution in [3.63, 3.8) is 0 Å².